The molecule has 0 saturated heterocycles. The summed E-state index contributed by atoms with van der Waals surface area (Å²) in [5, 5.41) is 15.8. The van der Waals surface area contributed by atoms with Gasteiger partial charge in [-0.1, -0.05) is 18.6 Å². The fraction of sp³-hybridized carbons (Fsp3) is 0.412. The van der Waals surface area contributed by atoms with Crippen LogP contribution in [0.5, 0.6) is 5.75 Å². The highest BCUT2D eigenvalue weighted by atomic mass is 32.1. The van der Waals surface area contributed by atoms with Gasteiger partial charge in [-0.05, 0) is 42.5 Å². The lowest BCUT2D eigenvalue weighted by Gasteiger charge is -2.16. The predicted molar refractivity (Wildman–Crippen MR) is 88.1 cm³/mol. The molecule has 1 aromatic carbocycles. The molecule has 0 aliphatic carbocycles. The Hall–Kier alpha value is -1.36. The summed E-state index contributed by atoms with van der Waals surface area (Å²) in [5.74, 6) is 0.736. The molecule has 1 unspecified atom stereocenters. The van der Waals surface area contributed by atoms with E-state index in [4.69, 9.17) is 4.74 Å². The fourth-order valence-corrected chi connectivity index (χ4v) is 3.33. The summed E-state index contributed by atoms with van der Waals surface area (Å²) in [6.45, 7) is 5.49. The van der Waals surface area contributed by atoms with E-state index in [9.17, 15) is 5.11 Å². The van der Waals surface area contributed by atoms with Gasteiger partial charge in [-0.15, -0.1) is 11.3 Å². The second-order valence-corrected chi connectivity index (χ2v) is 6.12. The van der Waals surface area contributed by atoms with Crippen molar-refractivity contribution in [1.29, 1.82) is 0 Å². The van der Waals surface area contributed by atoms with Gasteiger partial charge in [0, 0.05) is 23.5 Å². The largest absolute Gasteiger partial charge is 0.496 e. The smallest absolute Gasteiger partial charge is 0.124 e. The maximum absolute atomic E-state index is 10.4. The van der Waals surface area contributed by atoms with Gasteiger partial charge >= 0.3 is 0 Å². The molecule has 0 aliphatic rings. The molecule has 4 heteroatoms. The SMILES string of the molecule is CCc1ccsc1CNCC(O)c1cc(C)ccc1OC. The second-order valence-electron chi connectivity index (χ2n) is 5.11. The van der Waals surface area contributed by atoms with Crippen LogP contribution >= 0.6 is 11.3 Å². The lowest BCUT2D eigenvalue weighted by atomic mass is 10.1. The number of aryl methyl sites for hydroxylation is 2. The Labute approximate surface area is 130 Å². The van der Waals surface area contributed by atoms with Gasteiger partial charge in [-0.2, -0.15) is 0 Å². The number of aliphatic hydroxyl groups is 1. The van der Waals surface area contributed by atoms with E-state index >= 15 is 0 Å². The second kappa shape index (κ2) is 7.59. The first-order valence-electron chi connectivity index (χ1n) is 7.24. The lowest BCUT2D eigenvalue weighted by molar-refractivity contribution is 0.170. The van der Waals surface area contributed by atoms with Crippen LogP contribution in [0.1, 0.15) is 34.6 Å². The third-order valence-electron chi connectivity index (χ3n) is 3.59. The number of ether oxygens (including phenoxy) is 1. The number of thiophene rings is 1. The van der Waals surface area contributed by atoms with Crippen LogP contribution in [0.25, 0.3) is 0 Å². The number of benzene rings is 1. The van der Waals surface area contributed by atoms with Crippen molar-refractivity contribution in [2.45, 2.75) is 32.9 Å². The normalized spacial score (nSPS) is 12.4. The standard InChI is InChI=1S/C17H23NO2S/c1-4-13-7-8-21-17(13)11-18-10-15(19)14-9-12(2)5-6-16(14)20-3/h5-9,15,18-19H,4,10-11H2,1-3H3. The zero-order valence-corrected chi connectivity index (χ0v) is 13.7. The third kappa shape index (κ3) is 4.06. The van der Waals surface area contributed by atoms with Gasteiger partial charge in [0.1, 0.15) is 5.75 Å². The Bertz CT molecular complexity index is 580. The summed E-state index contributed by atoms with van der Waals surface area (Å²) in [6.07, 6.45) is 0.485. The molecule has 1 atom stereocenters. The number of methoxy groups -OCH3 is 1. The molecule has 2 rings (SSSR count). The Morgan fingerprint density at radius 2 is 2.14 bits per heavy atom. The molecule has 3 nitrogen and oxygen atoms in total. The Morgan fingerprint density at radius 3 is 2.86 bits per heavy atom. The van der Waals surface area contributed by atoms with Crippen molar-refractivity contribution < 1.29 is 9.84 Å². The molecule has 114 valence electrons. The van der Waals surface area contributed by atoms with E-state index in [1.54, 1.807) is 18.4 Å². The highest BCUT2D eigenvalue weighted by Gasteiger charge is 2.13. The molecule has 21 heavy (non-hydrogen) atoms. The van der Waals surface area contributed by atoms with Crippen LogP contribution in [-0.2, 0) is 13.0 Å². The molecule has 1 aromatic heterocycles. The first-order chi connectivity index (χ1) is 10.2. The number of nitrogens with one attached hydrogen (secondary N) is 1. The van der Waals surface area contributed by atoms with Crippen LogP contribution < -0.4 is 10.1 Å². The molecule has 0 amide bonds. The highest BCUT2D eigenvalue weighted by Crippen LogP contribution is 2.26. The van der Waals surface area contributed by atoms with Gasteiger partial charge in [0.15, 0.2) is 0 Å². The fourth-order valence-electron chi connectivity index (χ4n) is 2.38. The van der Waals surface area contributed by atoms with E-state index in [1.807, 2.05) is 25.1 Å². The lowest BCUT2D eigenvalue weighted by Crippen LogP contribution is -2.21. The van der Waals surface area contributed by atoms with Crippen molar-refractivity contribution in [2.24, 2.45) is 0 Å². The minimum atomic E-state index is -0.565. The highest BCUT2D eigenvalue weighted by molar-refractivity contribution is 7.10. The van der Waals surface area contributed by atoms with Crippen LogP contribution in [0.2, 0.25) is 0 Å². The summed E-state index contributed by atoms with van der Waals surface area (Å²) < 4.78 is 5.32. The average molecular weight is 305 g/mol. The van der Waals surface area contributed by atoms with Crippen molar-refractivity contribution in [1.82, 2.24) is 5.32 Å². The first-order valence-corrected chi connectivity index (χ1v) is 8.12. The predicted octanol–water partition coefficient (Wildman–Crippen LogP) is 3.45. The third-order valence-corrected chi connectivity index (χ3v) is 4.55. The molecule has 0 radical (unpaired) electrons. The van der Waals surface area contributed by atoms with E-state index < -0.39 is 6.10 Å². The van der Waals surface area contributed by atoms with E-state index in [2.05, 4.69) is 23.7 Å². The first kappa shape index (κ1) is 16.0. The van der Waals surface area contributed by atoms with Crippen molar-refractivity contribution in [3.8, 4) is 5.75 Å². The number of aliphatic hydroxyl groups excluding tert-OH is 1. The molecule has 0 aliphatic heterocycles. The van der Waals surface area contributed by atoms with Crippen LogP contribution in [0.4, 0.5) is 0 Å². The van der Waals surface area contributed by atoms with Gasteiger partial charge in [-0.25, -0.2) is 0 Å². The van der Waals surface area contributed by atoms with Gasteiger partial charge < -0.3 is 15.2 Å². The topological polar surface area (TPSA) is 41.5 Å². The summed E-state index contributed by atoms with van der Waals surface area (Å²) in [6, 6.07) is 8.04. The molecule has 0 saturated carbocycles. The minimum absolute atomic E-state index is 0.515. The van der Waals surface area contributed by atoms with Crippen molar-refractivity contribution in [3.63, 3.8) is 0 Å². The average Bonchev–Trinajstić information content (AvgIpc) is 2.94. The zero-order valence-electron chi connectivity index (χ0n) is 12.8. The number of hydrogen-bond donors (Lipinski definition) is 2. The molecule has 0 fully saturated rings. The monoisotopic (exact) mass is 305 g/mol. The van der Waals surface area contributed by atoms with E-state index in [0.717, 1.165) is 29.8 Å². The van der Waals surface area contributed by atoms with Gasteiger partial charge in [0.2, 0.25) is 0 Å². The Balaban J connectivity index is 1.96. The Kier molecular flexibility index (Phi) is 5.79. The van der Waals surface area contributed by atoms with Gasteiger partial charge in [0.25, 0.3) is 0 Å². The van der Waals surface area contributed by atoms with Crippen molar-refractivity contribution in [3.05, 3.63) is 51.2 Å². The zero-order chi connectivity index (χ0) is 15.2. The van der Waals surface area contributed by atoms with Crippen LogP contribution in [0.15, 0.2) is 29.6 Å². The van der Waals surface area contributed by atoms with Crippen molar-refractivity contribution >= 4 is 11.3 Å². The molecule has 2 aromatic rings. The molecular formula is C17H23NO2S. The summed E-state index contributed by atoms with van der Waals surface area (Å²) in [4.78, 5) is 1.35. The van der Waals surface area contributed by atoms with Gasteiger partial charge in [0.05, 0.1) is 13.2 Å². The van der Waals surface area contributed by atoms with Crippen LogP contribution in [0.3, 0.4) is 0 Å². The molecule has 0 bridgehead atoms. The summed E-state index contributed by atoms with van der Waals surface area (Å²) in [5.41, 5.74) is 3.35. The molecule has 1 heterocycles. The van der Waals surface area contributed by atoms with E-state index in [-0.39, 0.29) is 0 Å². The maximum Gasteiger partial charge on any atom is 0.124 e. The van der Waals surface area contributed by atoms with E-state index in [1.165, 1.54) is 10.4 Å². The van der Waals surface area contributed by atoms with E-state index in [0.29, 0.717) is 6.54 Å². The van der Waals surface area contributed by atoms with Gasteiger partial charge in [-0.3, -0.25) is 0 Å². The quantitative estimate of drug-likeness (QED) is 0.823. The molecular weight excluding hydrogens is 282 g/mol. The maximum atomic E-state index is 10.4. The summed E-state index contributed by atoms with van der Waals surface area (Å²) in [7, 11) is 1.63. The van der Waals surface area contributed by atoms with Crippen molar-refractivity contribution in [2.75, 3.05) is 13.7 Å². The number of hydrogen-bond acceptors (Lipinski definition) is 4. The molecule has 2 N–H and O–H groups in total. The minimum Gasteiger partial charge on any atom is -0.496 e. The summed E-state index contributed by atoms with van der Waals surface area (Å²) >= 11 is 1.76. The van der Waals surface area contributed by atoms with Crippen LogP contribution in [-0.4, -0.2) is 18.8 Å². The molecule has 0 spiro atoms. The Morgan fingerprint density at radius 1 is 1.33 bits per heavy atom. The van der Waals surface area contributed by atoms with Crippen LogP contribution in [0, 0.1) is 6.92 Å². The number of rotatable bonds is 7.